The van der Waals surface area contributed by atoms with Crippen LogP contribution in [0.4, 0.5) is 0 Å². The smallest absolute Gasteiger partial charge is 0.0533 e. The molecule has 11 heavy (non-hydrogen) atoms. The zero-order chi connectivity index (χ0) is 8.95. The maximum absolute atomic E-state index is 6.00. The molecule has 0 aliphatic heterocycles. The lowest BCUT2D eigenvalue weighted by molar-refractivity contribution is -0.176. The summed E-state index contributed by atoms with van der Waals surface area (Å²) in [5.41, 5.74) is 0. The van der Waals surface area contributed by atoms with Gasteiger partial charge in [0.25, 0.3) is 0 Å². The van der Waals surface area contributed by atoms with Crippen molar-refractivity contribution in [2.24, 2.45) is 0 Å². The molecule has 0 amide bonds. The lowest BCUT2D eigenvalue weighted by Crippen LogP contribution is -1.76. The fourth-order valence-electron chi connectivity index (χ4n) is 1.03. The van der Waals surface area contributed by atoms with Crippen molar-refractivity contribution in [2.75, 3.05) is 0 Å². The molecule has 0 spiro atoms. The fourth-order valence-corrected chi connectivity index (χ4v) is 1.03. The number of hydrogen-bond donors (Lipinski definition) is 2. The summed E-state index contributed by atoms with van der Waals surface area (Å²) in [4.78, 5) is 0. The summed E-state index contributed by atoms with van der Waals surface area (Å²) in [7, 11) is 0. The van der Waals surface area contributed by atoms with E-state index in [1.54, 1.807) is 0 Å². The Morgan fingerprint density at radius 3 is 1.18 bits per heavy atom. The summed E-state index contributed by atoms with van der Waals surface area (Å²) in [5, 5.41) is 12.0. The second kappa shape index (κ2) is 16.5. The average Bonchev–Trinajstić information content (AvgIpc) is 2.08. The maximum atomic E-state index is 6.00. The minimum atomic E-state index is 1.37. The Morgan fingerprint density at radius 2 is 0.909 bits per heavy atom. The zero-order valence-corrected chi connectivity index (χ0v) is 7.84. The molecule has 0 rings (SSSR count). The summed E-state index contributed by atoms with van der Waals surface area (Å²) in [6, 6.07) is 0. The van der Waals surface area contributed by atoms with Gasteiger partial charge >= 0.3 is 0 Å². The topological polar surface area (TPSA) is 40.5 Å². The Kier molecular flexibility index (Phi) is 20.2. The van der Waals surface area contributed by atoms with Gasteiger partial charge in [-0.05, 0) is 0 Å². The van der Waals surface area contributed by atoms with Crippen molar-refractivity contribution in [3.8, 4) is 0 Å². The molecular formula is C9H22O2. The van der Waals surface area contributed by atoms with Crippen LogP contribution in [0.5, 0.6) is 0 Å². The van der Waals surface area contributed by atoms with Crippen molar-refractivity contribution in [1.82, 2.24) is 0 Å². The van der Waals surface area contributed by atoms with Gasteiger partial charge in [0.05, 0.1) is 0 Å². The average molecular weight is 162 g/mol. The third-order valence-electron chi connectivity index (χ3n) is 1.71. The fraction of sp³-hybridized carbons (Fsp3) is 1.00. The molecule has 2 nitrogen and oxygen atoms in total. The minimum absolute atomic E-state index is 1.37. The Balaban J connectivity index is 0. The highest BCUT2D eigenvalue weighted by atomic mass is 17.0. The van der Waals surface area contributed by atoms with Gasteiger partial charge in [-0.15, -0.1) is 0 Å². The standard InChI is InChI=1S/C9H20.H2O2/c1-3-5-7-9-8-6-4-2;1-2/h3-9H2,1-2H3;1-2H. The van der Waals surface area contributed by atoms with Crippen molar-refractivity contribution in [1.29, 1.82) is 0 Å². The predicted octanol–water partition coefficient (Wildman–Crippen LogP) is 3.77. The molecule has 0 fully saturated rings. The molecule has 0 aromatic heterocycles. The van der Waals surface area contributed by atoms with Crippen LogP contribution in [0.15, 0.2) is 0 Å². The molecule has 0 aliphatic rings. The third-order valence-corrected chi connectivity index (χ3v) is 1.71. The number of unbranched alkanes of at least 4 members (excludes halogenated alkanes) is 6. The van der Waals surface area contributed by atoms with Crippen LogP contribution >= 0.6 is 0 Å². The first-order valence-corrected chi connectivity index (χ1v) is 4.61. The summed E-state index contributed by atoms with van der Waals surface area (Å²) < 4.78 is 0. The van der Waals surface area contributed by atoms with E-state index in [1.807, 2.05) is 0 Å². The summed E-state index contributed by atoms with van der Waals surface area (Å²) in [6.07, 6.45) is 9.97. The molecule has 0 aromatic carbocycles. The molecule has 0 radical (unpaired) electrons. The van der Waals surface area contributed by atoms with E-state index in [-0.39, 0.29) is 0 Å². The van der Waals surface area contributed by atoms with Crippen molar-refractivity contribution in [3.63, 3.8) is 0 Å². The molecule has 0 heterocycles. The van der Waals surface area contributed by atoms with E-state index >= 15 is 0 Å². The second-order valence-corrected chi connectivity index (χ2v) is 2.77. The molecule has 0 saturated carbocycles. The lowest BCUT2D eigenvalue weighted by Gasteiger charge is -1.96. The van der Waals surface area contributed by atoms with E-state index in [2.05, 4.69) is 13.8 Å². The quantitative estimate of drug-likeness (QED) is 0.354. The van der Waals surface area contributed by atoms with E-state index in [4.69, 9.17) is 10.5 Å². The van der Waals surface area contributed by atoms with Crippen LogP contribution < -0.4 is 0 Å². The predicted molar refractivity (Wildman–Crippen MR) is 48.9 cm³/mol. The van der Waals surface area contributed by atoms with Crippen molar-refractivity contribution in [3.05, 3.63) is 0 Å². The Bertz CT molecular complexity index is 40.8. The molecule has 70 valence electrons. The van der Waals surface area contributed by atoms with E-state index < -0.39 is 0 Å². The molecule has 0 saturated heterocycles. The second-order valence-electron chi connectivity index (χ2n) is 2.77. The highest BCUT2D eigenvalue weighted by molar-refractivity contribution is 4.41. The number of hydrogen-bond acceptors (Lipinski definition) is 2. The SMILES string of the molecule is CCCCCCCCC.OO. The van der Waals surface area contributed by atoms with E-state index in [0.717, 1.165) is 0 Å². The van der Waals surface area contributed by atoms with Gasteiger partial charge in [0.15, 0.2) is 0 Å². The van der Waals surface area contributed by atoms with Crippen molar-refractivity contribution >= 4 is 0 Å². The third kappa shape index (κ3) is 17.8. The van der Waals surface area contributed by atoms with Gasteiger partial charge in [0.1, 0.15) is 0 Å². The van der Waals surface area contributed by atoms with Crippen LogP contribution in [-0.4, -0.2) is 10.5 Å². The summed E-state index contributed by atoms with van der Waals surface area (Å²) in [5.74, 6) is 0. The first-order chi connectivity index (χ1) is 5.41. The van der Waals surface area contributed by atoms with Gasteiger partial charge < -0.3 is 0 Å². The minimum Gasteiger partial charge on any atom is -0.255 e. The lowest BCUT2D eigenvalue weighted by atomic mass is 10.1. The molecular weight excluding hydrogens is 140 g/mol. The summed E-state index contributed by atoms with van der Waals surface area (Å²) >= 11 is 0. The Labute approximate surface area is 70.2 Å². The maximum Gasteiger partial charge on any atom is -0.0533 e. The molecule has 0 aliphatic carbocycles. The van der Waals surface area contributed by atoms with E-state index in [0.29, 0.717) is 0 Å². The van der Waals surface area contributed by atoms with Gasteiger partial charge in [0.2, 0.25) is 0 Å². The molecule has 0 aromatic rings. The Hall–Kier alpha value is -0.0800. The van der Waals surface area contributed by atoms with Gasteiger partial charge in [-0.1, -0.05) is 58.8 Å². The van der Waals surface area contributed by atoms with Gasteiger partial charge in [0, 0.05) is 0 Å². The molecule has 0 unspecified atom stereocenters. The van der Waals surface area contributed by atoms with Gasteiger partial charge in [-0.3, -0.25) is 10.5 Å². The van der Waals surface area contributed by atoms with E-state index in [9.17, 15) is 0 Å². The highest BCUT2D eigenvalue weighted by Gasteiger charge is 1.85. The largest absolute Gasteiger partial charge is 0.255 e. The van der Waals surface area contributed by atoms with E-state index in [1.165, 1.54) is 44.9 Å². The van der Waals surface area contributed by atoms with Crippen LogP contribution in [0.2, 0.25) is 0 Å². The first kappa shape index (κ1) is 13.5. The normalized spacial score (nSPS) is 8.73. The molecule has 2 heteroatoms. The van der Waals surface area contributed by atoms with Gasteiger partial charge in [-0.2, -0.15) is 0 Å². The van der Waals surface area contributed by atoms with Crippen LogP contribution in [-0.2, 0) is 0 Å². The molecule has 0 bridgehead atoms. The van der Waals surface area contributed by atoms with Crippen LogP contribution in [0.1, 0.15) is 58.8 Å². The number of rotatable bonds is 6. The highest BCUT2D eigenvalue weighted by Crippen LogP contribution is 2.05. The summed E-state index contributed by atoms with van der Waals surface area (Å²) in [6.45, 7) is 4.53. The first-order valence-electron chi connectivity index (χ1n) is 4.61. The zero-order valence-electron chi connectivity index (χ0n) is 7.84. The van der Waals surface area contributed by atoms with Crippen molar-refractivity contribution in [2.45, 2.75) is 58.8 Å². The monoisotopic (exact) mass is 162 g/mol. The van der Waals surface area contributed by atoms with Crippen LogP contribution in [0.25, 0.3) is 0 Å². The van der Waals surface area contributed by atoms with Crippen LogP contribution in [0, 0.1) is 0 Å². The molecule has 2 N–H and O–H groups in total. The van der Waals surface area contributed by atoms with Crippen molar-refractivity contribution < 1.29 is 10.5 Å². The Morgan fingerprint density at radius 1 is 0.636 bits per heavy atom. The molecule has 0 atom stereocenters. The van der Waals surface area contributed by atoms with Gasteiger partial charge in [-0.25, -0.2) is 0 Å². The van der Waals surface area contributed by atoms with Crippen LogP contribution in [0.3, 0.4) is 0 Å².